The summed E-state index contributed by atoms with van der Waals surface area (Å²) in [6, 6.07) is 11.5. The summed E-state index contributed by atoms with van der Waals surface area (Å²) in [6.07, 6.45) is 3.98. The molecule has 1 aromatic carbocycles. The van der Waals surface area contributed by atoms with E-state index in [4.69, 9.17) is 0 Å². The number of aromatic nitrogens is 1. The van der Waals surface area contributed by atoms with Crippen LogP contribution in [-0.2, 0) is 22.6 Å². The van der Waals surface area contributed by atoms with Gasteiger partial charge in [0.15, 0.2) is 0 Å². The molecule has 2 aromatic rings. The van der Waals surface area contributed by atoms with E-state index in [1.165, 1.54) is 5.56 Å². The lowest BCUT2D eigenvalue weighted by atomic mass is 10.1. The van der Waals surface area contributed by atoms with Gasteiger partial charge in [0, 0.05) is 31.9 Å². The highest BCUT2D eigenvalue weighted by molar-refractivity contribution is 5.80. The molecule has 1 aromatic heterocycles. The van der Waals surface area contributed by atoms with Gasteiger partial charge >= 0.3 is 0 Å². The maximum absolute atomic E-state index is 11.8. The lowest BCUT2D eigenvalue weighted by Crippen LogP contribution is -2.31. The minimum absolute atomic E-state index is 0.0733. The quantitative estimate of drug-likeness (QED) is 0.818. The van der Waals surface area contributed by atoms with E-state index in [0.29, 0.717) is 19.5 Å². The lowest BCUT2D eigenvalue weighted by molar-refractivity contribution is -0.122. The minimum Gasteiger partial charge on any atom is -0.355 e. The predicted molar refractivity (Wildman–Crippen MR) is 88.6 cm³/mol. The zero-order valence-electron chi connectivity index (χ0n) is 13.2. The van der Waals surface area contributed by atoms with Crippen LogP contribution in [0.3, 0.4) is 0 Å². The molecule has 2 rings (SSSR count). The van der Waals surface area contributed by atoms with Crippen LogP contribution in [0.15, 0.2) is 48.8 Å². The van der Waals surface area contributed by atoms with Crippen LogP contribution >= 0.6 is 0 Å². The van der Waals surface area contributed by atoms with Crippen molar-refractivity contribution in [1.82, 2.24) is 15.6 Å². The van der Waals surface area contributed by atoms with Crippen LogP contribution in [0.25, 0.3) is 0 Å². The third-order valence-corrected chi connectivity index (χ3v) is 3.40. The average molecular weight is 311 g/mol. The topological polar surface area (TPSA) is 71.1 Å². The van der Waals surface area contributed by atoms with E-state index in [0.717, 1.165) is 11.1 Å². The van der Waals surface area contributed by atoms with Gasteiger partial charge in [0.1, 0.15) is 0 Å². The van der Waals surface area contributed by atoms with Crippen LogP contribution in [0.4, 0.5) is 0 Å². The maximum atomic E-state index is 11.8. The van der Waals surface area contributed by atoms with Gasteiger partial charge in [-0.05, 0) is 30.2 Å². The van der Waals surface area contributed by atoms with Gasteiger partial charge in [-0.15, -0.1) is 0 Å². The zero-order chi connectivity index (χ0) is 16.5. The molecule has 0 fully saturated rings. The van der Waals surface area contributed by atoms with E-state index in [2.05, 4.69) is 15.6 Å². The third kappa shape index (κ3) is 6.30. The van der Waals surface area contributed by atoms with Crippen LogP contribution in [0.1, 0.15) is 23.1 Å². The van der Waals surface area contributed by atoms with E-state index in [9.17, 15) is 9.59 Å². The van der Waals surface area contributed by atoms with Gasteiger partial charge in [-0.3, -0.25) is 14.6 Å². The number of carbonyl (C=O) groups is 2. The number of hydrogen-bond donors (Lipinski definition) is 2. The summed E-state index contributed by atoms with van der Waals surface area (Å²) in [5, 5.41) is 5.58. The maximum Gasteiger partial charge on any atom is 0.224 e. The summed E-state index contributed by atoms with van der Waals surface area (Å²) < 4.78 is 0. The van der Waals surface area contributed by atoms with E-state index < -0.39 is 0 Å². The first kappa shape index (κ1) is 16.7. The molecule has 2 N–H and O–H groups in total. The van der Waals surface area contributed by atoms with Crippen molar-refractivity contribution in [1.29, 1.82) is 0 Å². The van der Waals surface area contributed by atoms with Crippen molar-refractivity contribution in [3.63, 3.8) is 0 Å². The summed E-state index contributed by atoms with van der Waals surface area (Å²) in [7, 11) is 0. The lowest BCUT2D eigenvalue weighted by Gasteiger charge is -2.07. The zero-order valence-corrected chi connectivity index (χ0v) is 13.2. The molecule has 5 nitrogen and oxygen atoms in total. The van der Waals surface area contributed by atoms with E-state index >= 15 is 0 Å². The van der Waals surface area contributed by atoms with Gasteiger partial charge < -0.3 is 10.6 Å². The summed E-state index contributed by atoms with van der Waals surface area (Å²) >= 11 is 0. The number of carbonyl (C=O) groups excluding carboxylic acids is 2. The van der Waals surface area contributed by atoms with Crippen molar-refractivity contribution in [2.45, 2.75) is 26.3 Å². The van der Waals surface area contributed by atoms with Gasteiger partial charge in [-0.1, -0.05) is 29.8 Å². The molecule has 5 heteroatoms. The van der Waals surface area contributed by atoms with E-state index in [-0.39, 0.29) is 18.2 Å². The van der Waals surface area contributed by atoms with Gasteiger partial charge in [-0.2, -0.15) is 0 Å². The van der Waals surface area contributed by atoms with Crippen molar-refractivity contribution >= 4 is 11.8 Å². The smallest absolute Gasteiger partial charge is 0.224 e. The van der Waals surface area contributed by atoms with Gasteiger partial charge in [0.25, 0.3) is 0 Å². The van der Waals surface area contributed by atoms with Crippen molar-refractivity contribution in [3.8, 4) is 0 Å². The number of nitrogens with zero attached hydrogens (tertiary/aromatic N) is 1. The van der Waals surface area contributed by atoms with Crippen molar-refractivity contribution < 1.29 is 9.59 Å². The number of hydrogen-bond acceptors (Lipinski definition) is 3. The summed E-state index contributed by atoms with van der Waals surface area (Å²) in [4.78, 5) is 27.4. The SMILES string of the molecule is Cc1ccc(CC(=O)NCCC(=O)NCc2ccncc2)cc1. The first-order valence-corrected chi connectivity index (χ1v) is 7.61. The van der Waals surface area contributed by atoms with Gasteiger partial charge in [0.05, 0.1) is 6.42 Å². The molecular formula is C18H21N3O2. The van der Waals surface area contributed by atoms with Gasteiger partial charge in [-0.25, -0.2) is 0 Å². The fourth-order valence-corrected chi connectivity index (χ4v) is 2.06. The number of aryl methyl sites for hydroxylation is 1. The highest BCUT2D eigenvalue weighted by Gasteiger charge is 2.05. The second kappa shape index (κ2) is 8.68. The number of rotatable bonds is 7. The fraction of sp³-hybridized carbons (Fsp3) is 0.278. The van der Waals surface area contributed by atoms with Crippen LogP contribution < -0.4 is 10.6 Å². The number of nitrogens with one attached hydrogen (secondary N) is 2. The molecule has 0 saturated heterocycles. The third-order valence-electron chi connectivity index (χ3n) is 3.40. The Morgan fingerprint density at radius 1 is 0.913 bits per heavy atom. The largest absolute Gasteiger partial charge is 0.355 e. The van der Waals surface area contributed by atoms with Crippen LogP contribution in [0, 0.1) is 6.92 Å². The van der Waals surface area contributed by atoms with Crippen molar-refractivity contribution in [2.24, 2.45) is 0 Å². The Labute approximate surface area is 136 Å². The van der Waals surface area contributed by atoms with Gasteiger partial charge in [0.2, 0.25) is 11.8 Å². The second-order valence-corrected chi connectivity index (χ2v) is 5.39. The van der Waals surface area contributed by atoms with Crippen LogP contribution in [0.2, 0.25) is 0 Å². The molecular weight excluding hydrogens is 290 g/mol. The van der Waals surface area contributed by atoms with Crippen LogP contribution in [0.5, 0.6) is 0 Å². The van der Waals surface area contributed by atoms with Crippen molar-refractivity contribution in [3.05, 3.63) is 65.5 Å². The fourth-order valence-electron chi connectivity index (χ4n) is 2.06. The Kier molecular flexibility index (Phi) is 6.29. The first-order chi connectivity index (χ1) is 11.1. The minimum atomic E-state index is -0.0857. The number of benzene rings is 1. The Morgan fingerprint density at radius 2 is 1.61 bits per heavy atom. The van der Waals surface area contributed by atoms with E-state index in [1.807, 2.05) is 43.3 Å². The Bertz CT molecular complexity index is 639. The Morgan fingerprint density at radius 3 is 2.30 bits per heavy atom. The molecule has 120 valence electrons. The first-order valence-electron chi connectivity index (χ1n) is 7.61. The molecule has 0 unspecified atom stereocenters. The summed E-state index contributed by atoms with van der Waals surface area (Å²) in [5.41, 5.74) is 3.13. The molecule has 2 amide bonds. The molecule has 1 heterocycles. The molecule has 0 aliphatic heterocycles. The molecule has 0 aliphatic rings. The normalized spacial score (nSPS) is 10.1. The molecule has 23 heavy (non-hydrogen) atoms. The number of amides is 2. The van der Waals surface area contributed by atoms with Crippen LogP contribution in [-0.4, -0.2) is 23.3 Å². The predicted octanol–water partition coefficient (Wildman–Crippen LogP) is 1.76. The highest BCUT2D eigenvalue weighted by atomic mass is 16.2. The molecule has 0 saturated carbocycles. The molecule has 0 aliphatic carbocycles. The highest BCUT2D eigenvalue weighted by Crippen LogP contribution is 2.03. The molecule has 0 atom stereocenters. The number of pyridine rings is 1. The Balaban J connectivity index is 1.63. The standard InChI is InChI=1S/C18H21N3O2/c1-14-2-4-15(5-3-14)12-18(23)20-11-8-17(22)21-13-16-6-9-19-10-7-16/h2-7,9-10H,8,11-13H2,1H3,(H,20,23)(H,21,22). The summed E-state index contributed by atoms with van der Waals surface area (Å²) in [5.74, 6) is -0.159. The van der Waals surface area contributed by atoms with Crippen molar-refractivity contribution in [2.75, 3.05) is 6.54 Å². The molecule has 0 bridgehead atoms. The molecule has 0 radical (unpaired) electrons. The average Bonchev–Trinajstić information content (AvgIpc) is 2.56. The molecule has 0 spiro atoms. The monoisotopic (exact) mass is 311 g/mol. The van der Waals surface area contributed by atoms with E-state index in [1.54, 1.807) is 12.4 Å². The second-order valence-electron chi connectivity index (χ2n) is 5.39. The Hall–Kier alpha value is -2.69. The summed E-state index contributed by atoms with van der Waals surface area (Å²) in [6.45, 7) is 2.82.